The molecule has 0 radical (unpaired) electrons. The van der Waals surface area contributed by atoms with Crippen molar-refractivity contribution in [1.82, 2.24) is 44.7 Å². The average molecular weight is 918 g/mol. The molecule has 4 aliphatic rings. The molecule has 2 N–H and O–H groups in total. The number of H-pyrrole nitrogens is 1. The van der Waals surface area contributed by atoms with Gasteiger partial charge in [-0.25, -0.2) is 14.2 Å². The number of hydrogen-bond acceptors (Lipinski definition) is 9. The van der Waals surface area contributed by atoms with Crippen LogP contribution in [0.1, 0.15) is 58.6 Å². The molecule has 3 fully saturated rings. The first-order valence-electron chi connectivity index (χ1n) is 22.6. The van der Waals surface area contributed by atoms with E-state index in [4.69, 9.17) is 11.6 Å². The van der Waals surface area contributed by atoms with Gasteiger partial charge < -0.3 is 24.6 Å². The number of nitrogens with zero attached hydrogens (tertiary/aromatic N) is 9. The number of benzene rings is 2. The number of fused-ring (bicyclic) bond motifs is 1. The third-order valence-electron chi connectivity index (χ3n) is 13.2. The van der Waals surface area contributed by atoms with E-state index in [9.17, 15) is 24.0 Å². The number of nitrogens with one attached hydrogen (secondary N) is 2. The van der Waals surface area contributed by atoms with E-state index in [1.807, 2.05) is 24.4 Å². The van der Waals surface area contributed by atoms with Crippen LogP contribution in [0.4, 0.5) is 20.6 Å². The first-order chi connectivity index (χ1) is 31.9. The molecule has 0 bridgehead atoms. The summed E-state index contributed by atoms with van der Waals surface area (Å²) in [4.78, 5) is 82.6. The summed E-state index contributed by atoms with van der Waals surface area (Å²) >= 11 is 6.36. The minimum atomic E-state index is -0.574. The fourth-order valence-electron chi connectivity index (χ4n) is 9.47. The number of anilines is 2. The van der Waals surface area contributed by atoms with E-state index < -0.39 is 11.8 Å². The Morgan fingerprint density at radius 1 is 0.924 bits per heavy atom. The van der Waals surface area contributed by atoms with E-state index in [1.165, 1.54) is 22.1 Å². The maximum Gasteiger partial charge on any atom is 0.328 e. The Bertz CT molecular complexity index is 2690. The number of piperidine rings is 1. The third-order valence-corrected chi connectivity index (χ3v) is 13.5. The summed E-state index contributed by atoms with van der Waals surface area (Å²) in [5, 5.41) is 7.34. The smallest absolute Gasteiger partial charge is 0.328 e. The Kier molecular flexibility index (Phi) is 12.9. The van der Waals surface area contributed by atoms with E-state index in [0.717, 1.165) is 68.0 Å². The van der Waals surface area contributed by atoms with Crippen molar-refractivity contribution in [1.29, 1.82) is 0 Å². The van der Waals surface area contributed by atoms with E-state index in [1.54, 1.807) is 40.8 Å². The van der Waals surface area contributed by atoms with Crippen molar-refractivity contribution < 1.29 is 28.4 Å². The van der Waals surface area contributed by atoms with Gasteiger partial charge in [0.1, 0.15) is 11.4 Å². The van der Waals surface area contributed by atoms with Crippen molar-refractivity contribution >= 4 is 69.1 Å². The van der Waals surface area contributed by atoms with Crippen molar-refractivity contribution in [2.24, 2.45) is 5.92 Å². The van der Waals surface area contributed by atoms with Gasteiger partial charge in [-0.2, -0.15) is 5.10 Å². The molecular weight excluding hydrogens is 865 g/mol. The molecule has 5 aromatic rings. The van der Waals surface area contributed by atoms with Gasteiger partial charge in [0, 0.05) is 134 Å². The predicted octanol–water partition coefficient (Wildman–Crippen LogP) is 5.75. The van der Waals surface area contributed by atoms with Crippen molar-refractivity contribution in [2.45, 2.75) is 38.6 Å². The predicted molar refractivity (Wildman–Crippen MR) is 250 cm³/mol. The van der Waals surface area contributed by atoms with Crippen LogP contribution in [0.2, 0.25) is 5.02 Å². The highest BCUT2D eigenvalue weighted by molar-refractivity contribution is 6.34. The molecule has 0 aliphatic carbocycles. The number of piperazine rings is 1. The Labute approximate surface area is 386 Å². The number of imide groups is 1. The minimum Gasteiger partial charge on any atom is -0.372 e. The summed E-state index contributed by atoms with van der Waals surface area (Å²) in [6.45, 7) is 6.85. The second kappa shape index (κ2) is 19.1. The van der Waals surface area contributed by atoms with Crippen LogP contribution in [-0.2, 0) is 16.1 Å². The molecule has 4 aliphatic heterocycles. The lowest BCUT2D eigenvalue weighted by Gasteiger charge is -2.39. The molecule has 0 saturated carbocycles. The van der Waals surface area contributed by atoms with Crippen molar-refractivity contribution in [3.05, 3.63) is 101 Å². The highest BCUT2D eigenvalue weighted by atomic mass is 35.5. The maximum absolute atomic E-state index is 16.6. The summed E-state index contributed by atoms with van der Waals surface area (Å²) in [6.07, 6.45) is 9.99. The largest absolute Gasteiger partial charge is 0.372 e. The number of aromatic nitrogens is 4. The highest BCUT2D eigenvalue weighted by Gasteiger charge is 2.31. The number of aryl methyl sites for hydroxylation is 1. The molecule has 0 atom stereocenters. The van der Waals surface area contributed by atoms with Crippen LogP contribution in [0.3, 0.4) is 0 Å². The number of pyridine rings is 1. The lowest BCUT2D eigenvalue weighted by molar-refractivity contribution is -0.131. The van der Waals surface area contributed by atoms with Crippen molar-refractivity contribution in [2.75, 3.05) is 89.3 Å². The van der Waals surface area contributed by atoms with Crippen LogP contribution in [0.15, 0.2) is 73.2 Å². The van der Waals surface area contributed by atoms with Crippen LogP contribution >= 0.6 is 11.6 Å². The van der Waals surface area contributed by atoms with E-state index >= 15 is 4.39 Å². The zero-order chi connectivity index (χ0) is 46.1. The lowest BCUT2D eigenvalue weighted by Crippen LogP contribution is -2.51. The summed E-state index contributed by atoms with van der Waals surface area (Å²) < 4.78 is 18.4. The fraction of sp³-hybridized carbons (Fsp3) is 0.396. The Hall–Kier alpha value is -6.59. The lowest BCUT2D eigenvalue weighted by atomic mass is 9.92. The van der Waals surface area contributed by atoms with Crippen molar-refractivity contribution in [3.63, 3.8) is 0 Å². The number of urea groups is 1. The van der Waals surface area contributed by atoms with Crippen LogP contribution in [-0.4, -0.2) is 149 Å². The molecule has 0 unspecified atom stereocenters. The van der Waals surface area contributed by atoms with Crippen LogP contribution < -0.4 is 15.1 Å². The van der Waals surface area contributed by atoms with Gasteiger partial charge >= 0.3 is 6.03 Å². The number of carbonyl (C=O) groups is 5. The molecule has 6 amide bonds. The van der Waals surface area contributed by atoms with Gasteiger partial charge in [0.25, 0.3) is 11.8 Å². The number of hydrogen-bond donors (Lipinski definition) is 2. The molecule has 3 aromatic heterocycles. The minimum absolute atomic E-state index is 0.0135. The Morgan fingerprint density at radius 3 is 2.41 bits per heavy atom. The second-order valence-electron chi connectivity index (χ2n) is 17.7. The van der Waals surface area contributed by atoms with Gasteiger partial charge in [0.2, 0.25) is 11.8 Å². The second-order valence-corrected chi connectivity index (χ2v) is 18.1. The first kappa shape index (κ1) is 44.6. The van der Waals surface area contributed by atoms with Crippen LogP contribution in [0, 0.1) is 11.7 Å². The average Bonchev–Trinajstić information content (AvgIpc) is 4.03. The van der Waals surface area contributed by atoms with Crippen LogP contribution in [0.25, 0.3) is 27.6 Å². The topological polar surface area (TPSA) is 163 Å². The number of carbonyl (C=O) groups excluding carboxylic acids is 5. The van der Waals surface area contributed by atoms with Gasteiger partial charge in [-0.05, 0) is 78.3 Å². The molecule has 16 nitrogen and oxygen atoms in total. The number of rotatable bonds is 11. The zero-order valence-corrected chi connectivity index (χ0v) is 37.9. The molecule has 344 valence electrons. The molecule has 2 aromatic carbocycles. The summed E-state index contributed by atoms with van der Waals surface area (Å²) in [7, 11) is 3.33. The number of halogens is 2. The standard InChI is InChI=1S/C48H53ClFN11O5/c1-55(2)46(64)40-26-37-35(25-36(44(50)45(37)53-40)33-5-3-15-59(30-33)43(63)13-19-60-16-4-14-52-60)32-6-8-34(9-7-32)57-17-10-31(11-18-57)29-56-21-23-58(24-22-56)47(65)39-27-41(38(49)28-51-39)61-20-12-42(62)54-48(61)66/h4-9,14,16,25-28,31,53H,3,10-13,15,17-24,29-30H2,1-2H3,(H,54,62,66). The Balaban J connectivity index is 0.827. The fourth-order valence-corrected chi connectivity index (χ4v) is 9.68. The van der Waals surface area contributed by atoms with Gasteiger partial charge in [0.15, 0.2) is 5.82 Å². The monoisotopic (exact) mass is 917 g/mol. The summed E-state index contributed by atoms with van der Waals surface area (Å²) in [6, 6.07) is 14.7. The molecule has 3 saturated heterocycles. The van der Waals surface area contributed by atoms with E-state index in [2.05, 4.69) is 54.4 Å². The molecule has 9 rings (SSSR count). The zero-order valence-electron chi connectivity index (χ0n) is 37.1. The summed E-state index contributed by atoms with van der Waals surface area (Å²) in [5.74, 6) is -0.775. The van der Waals surface area contributed by atoms with Crippen molar-refractivity contribution in [3.8, 4) is 11.1 Å². The third kappa shape index (κ3) is 9.40. The van der Waals surface area contributed by atoms with Gasteiger partial charge in [-0.3, -0.25) is 39.0 Å². The first-order valence-corrected chi connectivity index (χ1v) is 22.9. The number of amides is 6. The molecule has 66 heavy (non-hydrogen) atoms. The van der Waals surface area contributed by atoms with Crippen LogP contribution in [0.5, 0.6) is 0 Å². The SMILES string of the molecule is CN(C)C(=O)c1cc2c(-c3ccc(N4CCC(CN5CCN(C(=O)c6cc(N7CCC(=O)NC7=O)c(Cl)cn6)CC5)CC4)cc3)cc(C3=CCCN(C(=O)CCn4cccn4)C3)c(F)c2[nH]1. The molecule has 0 spiro atoms. The van der Waals surface area contributed by atoms with E-state index in [-0.39, 0.29) is 59.4 Å². The van der Waals surface area contributed by atoms with Gasteiger partial charge in [-0.15, -0.1) is 0 Å². The normalized spacial score (nSPS) is 17.6. The molecular formula is C48H53ClFN11O5. The quantitative estimate of drug-likeness (QED) is 0.168. The highest BCUT2D eigenvalue weighted by Crippen LogP contribution is 2.38. The maximum atomic E-state index is 16.6. The molecule has 18 heteroatoms. The molecule has 7 heterocycles. The number of aromatic amines is 1. The van der Waals surface area contributed by atoms with Gasteiger partial charge in [-0.1, -0.05) is 29.8 Å². The Morgan fingerprint density at radius 2 is 1.70 bits per heavy atom. The van der Waals surface area contributed by atoms with E-state index in [0.29, 0.717) is 67.3 Å². The van der Waals surface area contributed by atoms with Gasteiger partial charge in [0.05, 0.1) is 16.2 Å². The summed E-state index contributed by atoms with van der Waals surface area (Å²) in [5.41, 5.74) is 5.04.